The second-order valence-electron chi connectivity index (χ2n) is 4.43. The van der Waals surface area contributed by atoms with Gasteiger partial charge in [0, 0.05) is 14.2 Å². The lowest BCUT2D eigenvalue weighted by Gasteiger charge is -2.15. The molecule has 2 aromatic rings. The number of benzene rings is 1. The predicted molar refractivity (Wildman–Crippen MR) is 88.0 cm³/mol. The van der Waals surface area contributed by atoms with Crippen LogP contribution in [0.1, 0.15) is 25.3 Å². The van der Waals surface area contributed by atoms with Crippen molar-refractivity contribution in [1.29, 1.82) is 0 Å². The Morgan fingerprint density at radius 1 is 1.32 bits per heavy atom. The maximum absolute atomic E-state index is 5.95. The highest BCUT2D eigenvalue weighted by molar-refractivity contribution is 14.1. The van der Waals surface area contributed by atoms with Crippen molar-refractivity contribution in [2.45, 2.75) is 19.8 Å². The van der Waals surface area contributed by atoms with Crippen LogP contribution in [-0.2, 0) is 0 Å². The van der Waals surface area contributed by atoms with E-state index in [1.54, 1.807) is 0 Å². The molecule has 1 heterocycles. The van der Waals surface area contributed by atoms with E-state index < -0.39 is 0 Å². The molecule has 0 aliphatic carbocycles. The van der Waals surface area contributed by atoms with Gasteiger partial charge in [0.25, 0.3) is 0 Å². The normalized spacial score (nSPS) is 10.8. The Balaban J connectivity index is 2.41. The summed E-state index contributed by atoms with van der Waals surface area (Å²) < 4.78 is 1.02. The molecule has 6 heteroatoms. The maximum Gasteiger partial charge on any atom is 0.139 e. The molecule has 0 bridgehead atoms. The lowest BCUT2D eigenvalue weighted by Crippen LogP contribution is -2.07. The van der Waals surface area contributed by atoms with Crippen LogP contribution >= 0.6 is 34.2 Å². The molecule has 0 atom stereocenters. The highest BCUT2D eigenvalue weighted by Gasteiger charge is 2.13. The summed E-state index contributed by atoms with van der Waals surface area (Å²) in [5.41, 5.74) is 7.80. The van der Waals surface area contributed by atoms with Crippen LogP contribution in [-0.4, -0.2) is 9.97 Å². The first-order valence-corrected chi connectivity index (χ1v) is 7.27. The minimum atomic E-state index is 0.244. The van der Waals surface area contributed by atoms with Crippen LogP contribution < -0.4 is 11.1 Å². The van der Waals surface area contributed by atoms with Crippen molar-refractivity contribution in [3.63, 3.8) is 0 Å². The van der Waals surface area contributed by atoms with Crippen molar-refractivity contribution < 1.29 is 0 Å². The van der Waals surface area contributed by atoms with Gasteiger partial charge in [-0.2, -0.15) is 0 Å². The Morgan fingerprint density at radius 3 is 2.68 bits per heavy atom. The van der Waals surface area contributed by atoms with Crippen LogP contribution in [0.3, 0.4) is 0 Å². The second-order valence-corrected chi connectivity index (χ2v) is 6.02. The van der Waals surface area contributed by atoms with Crippen molar-refractivity contribution >= 4 is 51.5 Å². The molecule has 2 rings (SSSR count). The molecular formula is C13H14ClIN4. The summed E-state index contributed by atoms with van der Waals surface area (Å²) in [6.45, 7) is 4.13. The maximum atomic E-state index is 5.95. The van der Waals surface area contributed by atoms with Crippen molar-refractivity contribution in [3.8, 4) is 0 Å². The first-order chi connectivity index (χ1) is 8.99. The van der Waals surface area contributed by atoms with Crippen LogP contribution in [0.4, 0.5) is 17.3 Å². The first-order valence-electron chi connectivity index (χ1n) is 5.81. The molecule has 4 nitrogen and oxygen atoms in total. The zero-order valence-electron chi connectivity index (χ0n) is 10.6. The number of nitrogen functional groups attached to an aromatic ring is 1. The Hall–Kier alpha value is -1.08. The Labute approximate surface area is 130 Å². The minimum Gasteiger partial charge on any atom is -0.383 e. The van der Waals surface area contributed by atoms with Crippen molar-refractivity contribution in [3.05, 3.63) is 38.7 Å². The number of nitrogens with two attached hydrogens (primary N) is 1. The van der Waals surface area contributed by atoms with Gasteiger partial charge < -0.3 is 11.1 Å². The first kappa shape index (κ1) is 14.3. The number of anilines is 3. The third-order valence-electron chi connectivity index (χ3n) is 2.68. The molecule has 100 valence electrons. The fourth-order valence-electron chi connectivity index (χ4n) is 1.80. The molecule has 0 aliphatic heterocycles. The Bertz CT molecular complexity index is 601. The lowest BCUT2D eigenvalue weighted by atomic mass is 10.0. The number of halogens is 2. The molecule has 1 aromatic heterocycles. The van der Waals surface area contributed by atoms with Crippen molar-refractivity contribution in [2.24, 2.45) is 0 Å². The van der Waals surface area contributed by atoms with E-state index in [-0.39, 0.29) is 5.92 Å². The van der Waals surface area contributed by atoms with E-state index in [1.807, 2.05) is 18.2 Å². The fourth-order valence-corrected chi connectivity index (χ4v) is 2.80. The number of rotatable bonds is 3. The van der Waals surface area contributed by atoms with E-state index in [0.29, 0.717) is 10.8 Å². The molecule has 0 amide bonds. The molecule has 0 aliphatic rings. The molecule has 1 aromatic carbocycles. The zero-order valence-corrected chi connectivity index (χ0v) is 13.5. The number of nitrogens with zero attached hydrogens (tertiary/aromatic N) is 2. The monoisotopic (exact) mass is 388 g/mol. The minimum absolute atomic E-state index is 0.244. The van der Waals surface area contributed by atoms with E-state index in [4.69, 9.17) is 17.3 Å². The quantitative estimate of drug-likeness (QED) is 0.774. The summed E-state index contributed by atoms with van der Waals surface area (Å²) in [6.07, 6.45) is 1.46. The van der Waals surface area contributed by atoms with Gasteiger partial charge in [-0.05, 0) is 46.7 Å². The molecule has 0 spiro atoms. The Kier molecular flexibility index (Phi) is 4.46. The molecule has 19 heavy (non-hydrogen) atoms. The molecular weight excluding hydrogens is 375 g/mol. The molecule has 0 fully saturated rings. The highest BCUT2D eigenvalue weighted by Crippen LogP contribution is 2.31. The second kappa shape index (κ2) is 5.92. The van der Waals surface area contributed by atoms with Gasteiger partial charge in [0.15, 0.2) is 0 Å². The molecule has 0 saturated carbocycles. The largest absolute Gasteiger partial charge is 0.383 e. The summed E-state index contributed by atoms with van der Waals surface area (Å²) in [5, 5.41) is 4.00. The fraction of sp³-hybridized carbons (Fsp3) is 0.231. The summed E-state index contributed by atoms with van der Waals surface area (Å²) >= 11 is 8.18. The van der Waals surface area contributed by atoms with Crippen molar-refractivity contribution in [1.82, 2.24) is 9.97 Å². The van der Waals surface area contributed by atoms with Crippen LogP contribution in [0.25, 0.3) is 0 Å². The number of hydrogen-bond donors (Lipinski definition) is 2. The SMILES string of the molecule is CC(C)c1c(N)ncnc1Nc1ccc(Cl)cc1I. The number of nitrogens with one attached hydrogen (secondary N) is 1. The molecule has 0 saturated heterocycles. The van der Waals surface area contributed by atoms with E-state index in [0.717, 1.165) is 20.6 Å². The summed E-state index contributed by atoms with van der Waals surface area (Å²) in [5.74, 6) is 1.49. The third kappa shape index (κ3) is 3.27. The van der Waals surface area contributed by atoms with Gasteiger partial charge in [-0.25, -0.2) is 9.97 Å². The Morgan fingerprint density at radius 2 is 2.05 bits per heavy atom. The third-order valence-corrected chi connectivity index (χ3v) is 3.80. The molecule has 3 N–H and O–H groups in total. The summed E-state index contributed by atoms with van der Waals surface area (Å²) in [6, 6.07) is 5.65. The van der Waals surface area contributed by atoms with Gasteiger partial charge >= 0.3 is 0 Å². The van der Waals surface area contributed by atoms with Crippen LogP contribution in [0.2, 0.25) is 5.02 Å². The standard InChI is InChI=1S/C13H14ClIN4/c1-7(2)11-12(16)17-6-18-13(11)19-10-4-3-8(14)5-9(10)15/h3-7H,1-2H3,(H3,16,17,18,19). The van der Waals surface area contributed by atoms with Gasteiger partial charge in [-0.3, -0.25) is 0 Å². The summed E-state index contributed by atoms with van der Waals surface area (Å²) in [7, 11) is 0. The van der Waals surface area contributed by atoms with Gasteiger partial charge in [-0.1, -0.05) is 25.4 Å². The highest BCUT2D eigenvalue weighted by atomic mass is 127. The predicted octanol–water partition coefficient (Wildman–Crippen LogP) is 4.18. The van der Waals surface area contributed by atoms with Crippen molar-refractivity contribution in [2.75, 3.05) is 11.1 Å². The smallest absolute Gasteiger partial charge is 0.139 e. The molecule has 0 radical (unpaired) electrons. The van der Waals surface area contributed by atoms with Crippen LogP contribution in [0, 0.1) is 3.57 Å². The van der Waals surface area contributed by atoms with Gasteiger partial charge in [0.2, 0.25) is 0 Å². The van der Waals surface area contributed by atoms with E-state index in [2.05, 4.69) is 51.7 Å². The van der Waals surface area contributed by atoms with Gasteiger partial charge in [0.05, 0.1) is 5.69 Å². The van der Waals surface area contributed by atoms with Crippen LogP contribution in [0.5, 0.6) is 0 Å². The van der Waals surface area contributed by atoms with Crippen LogP contribution in [0.15, 0.2) is 24.5 Å². The lowest BCUT2D eigenvalue weighted by molar-refractivity contribution is 0.855. The number of hydrogen-bond acceptors (Lipinski definition) is 4. The van der Waals surface area contributed by atoms with E-state index >= 15 is 0 Å². The van der Waals surface area contributed by atoms with Gasteiger partial charge in [-0.15, -0.1) is 0 Å². The summed E-state index contributed by atoms with van der Waals surface area (Å²) in [4.78, 5) is 8.32. The zero-order chi connectivity index (χ0) is 14.0. The number of aromatic nitrogens is 2. The average Bonchev–Trinajstić information content (AvgIpc) is 2.32. The molecule has 0 unspecified atom stereocenters. The van der Waals surface area contributed by atoms with Gasteiger partial charge in [0.1, 0.15) is 18.0 Å². The van der Waals surface area contributed by atoms with E-state index in [1.165, 1.54) is 6.33 Å². The van der Waals surface area contributed by atoms with E-state index in [9.17, 15) is 0 Å². The average molecular weight is 389 g/mol. The topological polar surface area (TPSA) is 63.8 Å².